The van der Waals surface area contributed by atoms with Crippen molar-refractivity contribution in [2.45, 2.75) is 37.2 Å². The second kappa shape index (κ2) is 7.65. The molecule has 2 aromatic rings. The number of rotatable bonds is 5. The molecule has 0 radical (unpaired) electrons. The van der Waals surface area contributed by atoms with E-state index in [9.17, 15) is 13.2 Å². The number of ether oxygens (including phenoxy) is 1. The first-order valence-corrected chi connectivity index (χ1v) is 11.0. The summed E-state index contributed by atoms with van der Waals surface area (Å²) in [6, 6.07) is 6.71. The molecule has 1 aliphatic heterocycles. The molecule has 1 aliphatic carbocycles. The summed E-state index contributed by atoms with van der Waals surface area (Å²) >= 11 is 0. The molecule has 1 amide bonds. The van der Waals surface area contributed by atoms with Gasteiger partial charge in [-0.25, -0.2) is 8.42 Å². The van der Waals surface area contributed by atoms with Crippen molar-refractivity contribution < 1.29 is 17.9 Å². The number of benzene rings is 1. The lowest BCUT2D eigenvalue weighted by atomic mass is 10.1. The van der Waals surface area contributed by atoms with E-state index in [2.05, 4.69) is 10.4 Å². The third-order valence-corrected chi connectivity index (χ3v) is 7.20. The van der Waals surface area contributed by atoms with Crippen LogP contribution in [0.4, 0.5) is 0 Å². The molecule has 1 aromatic carbocycles. The Morgan fingerprint density at radius 3 is 2.79 bits per heavy atom. The first-order chi connectivity index (χ1) is 13.5. The van der Waals surface area contributed by atoms with Crippen LogP contribution in [-0.4, -0.2) is 54.7 Å². The van der Waals surface area contributed by atoms with Gasteiger partial charge in [-0.3, -0.25) is 9.48 Å². The summed E-state index contributed by atoms with van der Waals surface area (Å²) in [4.78, 5) is 12.8. The second-order valence-electron chi connectivity index (χ2n) is 7.00. The summed E-state index contributed by atoms with van der Waals surface area (Å²) in [7, 11) is -3.56. The van der Waals surface area contributed by atoms with Crippen LogP contribution >= 0.6 is 0 Å². The molecular weight excluding hydrogens is 380 g/mol. The minimum absolute atomic E-state index is 0.214. The summed E-state index contributed by atoms with van der Waals surface area (Å²) in [6.45, 7) is 4.19. The molecule has 0 spiro atoms. The van der Waals surface area contributed by atoms with Gasteiger partial charge >= 0.3 is 0 Å². The molecule has 150 valence electrons. The average molecular weight is 404 g/mol. The number of amides is 1. The fourth-order valence-electron chi connectivity index (χ4n) is 3.72. The molecule has 1 aromatic heterocycles. The van der Waals surface area contributed by atoms with Crippen LogP contribution < -0.4 is 5.32 Å². The largest absolute Gasteiger partial charge is 0.379 e. The maximum atomic E-state index is 12.9. The van der Waals surface area contributed by atoms with Gasteiger partial charge in [0.05, 0.1) is 24.2 Å². The highest BCUT2D eigenvalue weighted by atomic mass is 32.2. The van der Waals surface area contributed by atoms with Crippen LogP contribution in [0.2, 0.25) is 0 Å². The molecule has 4 rings (SSSR count). The summed E-state index contributed by atoms with van der Waals surface area (Å²) in [5, 5.41) is 7.24. The zero-order valence-electron chi connectivity index (χ0n) is 15.8. The minimum atomic E-state index is -3.56. The highest BCUT2D eigenvalue weighted by molar-refractivity contribution is 7.89. The number of hydrogen-bond donors (Lipinski definition) is 1. The second-order valence-corrected chi connectivity index (χ2v) is 8.94. The molecule has 9 heteroatoms. The van der Waals surface area contributed by atoms with Crippen molar-refractivity contribution in [2.75, 3.05) is 26.3 Å². The molecule has 1 N–H and O–H groups in total. The van der Waals surface area contributed by atoms with Crippen molar-refractivity contribution in [1.82, 2.24) is 19.4 Å². The predicted molar refractivity (Wildman–Crippen MR) is 102 cm³/mol. The van der Waals surface area contributed by atoms with Gasteiger partial charge in [-0.05, 0) is 49.1 Å². The molecule has 1 saturated heterocycles. The van der Waals surface area contributed by atoms with Gasteiger partial charge in [0.1, 0.15) is 5.69 Å². The van der Waals surface area contributed by atoms with Crippen molar-refractivity contribution in [3.63, 3.8) is 0 Å². The van der Waals surface area contributed by atoms with Crippen LogP contribution in [0.15, 0.2) is 35.4 Å². The first kappa shape index (κ1) is 19.1. The third-order valence-electron chi connectivity index (χ3n) is 5.31. The molecule has 2 heterocycles. The maximum Gasteiger partial charge on any atom is 0.272 e. The van der Waals surface area contributed by atoms with Gasteiger partial charge in [-0.2, -0.15) is 9.40 Å². The number of aromatic nitrogens is 2. The van der Waals surface area contributed by atoms with Gasteiger partial charge in [-0.1, -0.05) is 6.07 Å². The summed E-state index contributed by atoms with van der Waals surface area (Å²) in [5.41, 5.74) is 2.32. The van der Waals surface area contributed by atoms with Crippen LogP contribution in [-0.2, 0) is 27.7 Å². The van der Waals surface area contributed by atoms with Crippen LogP contribution in [0.5, 0.6) is 0 Å². The lowest BCUT2D eigenvalue weighted by Gasteiger charge is -2.26. The van der Waals surface area contributed by atoms with E-state index in [4.69, 9.17) is 4.74 Å². The predicted octanol–water partition coefficient (Wildman–Crippen LogP) is 1.34. The Morgan fingerprint density at radius 1 is 1.29 bits per heavy atom. The van der Waals surface area contributed by atoms with E-state index in [0.29, 0.717) is 38.5 Å². The summed E-state index contributed by atoms with van der Waals surface area (Å²) in [5.74, 6) is -0.244. The molecule has 0 unspecified atom stereocenters. The number of nitrogens with one attached hydrogen (secondary N) is 1. The Balaban J connectivity index is 1.55. The number of fused-ring (bicyclic) bond motifs is 1. The number of nitrogens with zero attached hydrogens (tertiary/aromatic N) is 3. The molecule has 1 fully saturated rings. The number of hydrogen-bond acceptors (Lipinski definition) is 5. The van der Waals surface area contributed by atoms with E-state index < -0.39 is 10.0 Å². The van der Waals surface area contributed by atoms with Crippen LogP contribution in [0, 0.1) is 0 Å². The van der Waals surface area contributed by atoms with Gasteiger partial charge in [0.25, 0.3) is 5.91 Å². The monoisotopic (exact) mass is 404 g/mol. The lowest BCUT2D eigenvalue weighted by Crippen LogP contribution is -2.40. The standard InChI is InChI=1S/C19H24N4O4S/c1-2-22-8-7-18(21-22)19(24)20-17-6-4-14-3-5-15(13-16(14)17)28(25,26)23-9-11-27-12-10-23/h3,5,7-8,13,17H,2,4,6,9-12H2,1H3,(H,20,24)/t17-/m1/s1. The molecular formula is C19H24N4O4S. The Hall–Kier alpha value is -2.23. The topological polar surface area (TPSA) is 93.5 Å². The van der Waals surface area contributed by atoms with Crippen LogP contribution in [0.3, 0.4) is 0 Å². The highest BCUT2D eigenvalue weighted by Crippen LogP contribution is 2.33. The van der Waals surface area contributed by atoms with Crippen molar-refractivity contribution in [1.29, 1.82) is 0 Å². The molecule has 1 atom stereocenters. The summed E-state index contributed by atoms with van der Waals surface area (Å²) in [6.07, 6.45) is 3.32. The van der Waals surface area contributed by atoms with E-state index in [0.717, 1.165) is 24.0 Å². The van der Waals surface area contributed by atoms with E-state index in [1.807, 2.05) is 13.0 Å². The van der Waals surface area contributed by atoms with E-state index in [-0.39, 0.29) is 16.8 Å². The number of aryl methyl sites for hydroxylation is 2. The highest BCUT2D eigenvalue weighted by Gasteiger charge is 2.30. The van der Waals surface area contributed by atoms with Crippen molar-refractivity contribution in [3.8, 4) is 0 Å². The summed E-state index contributed by atoms with van der Waals surface area (Å²) < 4.78 is 34.3. The zero-order valence-corrected chi connectivity index (χ0v) is 16.6. The van der Waals surface area contributed by atoms with Gasteiger partial charge in [0.15, 0.2) is 0 Å². The Kier molecular flexibility index (Phi) is 5.22. The Labute approximate surface area is 164 Å². The Bertz CT molecular complexity index is 980. The normalized spacial score (nSPS) is 20.1. The number of morpholine rings is 1. The fraction of sp³-hybridized carbons (Fsp3) is 0.474. The van der Waals surface area contributed by atoms with Gasteiger partial charge in [0.2, 0.25) is 10.0 Å². The molecule has 8 nitrogen and oxygen atoms in total. The number of sulfonamides is 1. The maximum absolute atomic E-state index is 12.9. The molecule has 28 heavy (non-hydrogen) atoms. The lowest BCUT2D eigenvalue weighted by molar-refractivity contribution is 0.0730. The molecule has 0 saturated carbocycles. The molecule has 0 bridgehead atoms. The zero-order chi connectivity index (χ0) is 19.7. The van der Waals surface area contributed by atoms with E-state index in [1.165, 1.54) is 4.31 Å². The van der Waals surface area contributed by atoms with Crippen molar-refractivity contribution >= 4 is 15.9 Å². The fourth-order valence-corrected chi connectivity index (χ4v) is 5.16. The number of carbonyl (C=O) groups is 1. The SMILES string of the molecule is CCn1ccc(C(=O)N[C@@H]2CCc3ccc(S(=O)(=O)N4CCOCC4)cc32)n1. The van der Waals surface area contributed by atoms with Crippen LogP contribution in [0.25, 0.3) is 0 Å². The van der Waals surface area contributed by atoms with E-state index in [1.54, 1.807) is 29.1 Å². The Morgan fingerprint density at radius 2 is 2.07 bits per heavy atom. The number of carbonyl (C=O) groups excluding carboxylic acids is 1. The molecule has 2 aliphatic rings. The van der Waals surface area contributed by atoms with Crippen molar-refractivity contribution in [2.24, 2.45) is 0 Å². The third kappa shape index (κ3) is 3.57. The van der Waals surface area contributed by atoms with E-state index >= 15 is 0 Å². The van der Waals surface area contributed by atoms with Gasteiger partial charge in [0, 0.05) is 25.8 Å². The first-order valence-electron chi connectivity index (χ1n) is 9.54. The smallest absolute Gasteiger partial charge is 0.272 e. The quantitative estimate of drug-likeness (QED) is 0.812. The van der Waals surface area contributed by atoms with Gasteiger partial charge in [-0.15, -0.1) is 0 Å². The van der Waals surface area contributed by atoms with Crippen molar-refractivity contribution in [3.05, 3.63) is 47.3 Å². The van der Waals surface area contributed by atoms with Crippen LogP contribution in [0.1, 0.15) is 41.0 Å². The van der Waals surface area contributed by atoms with Gasteiger partial charge < -0.3 is 10.1 Å². The average Bonchev–Trinajstić information content (AvgIpc) is 3.35. The minimum Gasteiger partial charge on any atom is -0.379 e.